The van der Waals surface area contributed by atoms with Crippen LogP contribution in [0.4, 0.5) is 11.4 Å². The van der Waals surface area contributed by atoms with E-state index in [-0.39, 0.29) is 0 Å². The quantitative estimate of drug-likeness (QED) is 0.240. The van der Waals surface area contributed by atoms with Crippen LogP contribution in [0, 0.1) is 0 Å². The molecule has 0 bridgehead atoms. The van der Waals surface area contributed by atoms with Crippen molar-refractivity contribution in [3.63, 3.8) is 0 Å². The number of hydrogen-bond acceptors (Lipinski definition) is 3. The molecule has 0 radical (unpaired) electrons. The summed E-state index contributed by atoms with van der Waals surface area (Å²) < 4.78 is 9.27. The van der Waals surface area contributed by atoms with Crippen molar-refractivity contribution in [3.8, 4) is 22.6 Å². The van der Waals surface area contributed by atoms with Crippen molar-refractivity contribution < 1.29 is 4.74 Å². The zero-order valence-corrected chi connectivity index (χ0v) is 22.3. The normalized spacial score (nSPS) is 13.9. The Kier molecular flexibility index (Phi) is 4.44. The molecule has 0 fully saturated rings. The van der Waals surface area contributed by atoms with E-state index in [9.17, 15) is 0 Å². The first-order valence-corrected chi connectivity index (χ1v) is 14.4. The van der Waals surface area contributed by atoms with Gasteiger partial charge in [0, 0.05) is 48.7 Å². The highest BCUT2D eigenvalue weighted by molar-refractivity contribution is 7.25. The predicted octanol–water partition coefficient (Wildman–Crippen LogP) is 10.3. The minimum Gasteiger partial charge on any atom is -0.457 e. The van der Waals surface area contributed by atoms with Crippen molar-refractivity contribution in [2.45, 2.75) is 5.41 Å². The van der Waals surface area contributed by atoms with Gasteiger partial charge in [0.15, 0.2) is 0 Å². The van der Waals surface area contributed by atoms with E-state index in [1.807, 2.05) is 11.3 Å². The monoisotopic (exact) mass is 529 g/mol. The Bertz CT molecular complexity index is 2090. The number of anilines is 2. The summed E-state index contributed by atoms with van der Waals surface area (Å²) in [6.07, 6.45) is 0. The third kappa shape index (κ3) is 2.82. The first kappa shape index (κ1) is 22.0. The summed E-state index contributed by atoms with van der Waals surface area (Å²) in [6.45, 7) is 0. The fraction of sp³-hybridized carbons (Fsp3) is 0.0270. The maximum Gasteiger partial charge on any atom is 0.134 e. The lowest BCUT2D eigenvalue weighted by Gasteiger charge is -2.39. The second-order valence-electron chi connectivity index (χ2n) is 10.6. The number of hydrogen-bond donors (Lipinski definition) is 1. The third-order valence-corrected chi connectivity index (χ3v) is 9.67. The maximum absolute atomic E-state index is 6.68. The summed E-state index contributed by atoms with van der Waals surface area (Å²) in [5, 5.41) is 6.29. The average Bonchev–Trinajstić information content (AvgIpc) is 3.53. The lowest BCUT2D eigenvalue weighted by atomic mass is 9.66. The van der Waals surface area contributed by atoms with Crippen molar-refractivity contribution in [2.75, 3.05) is 5.32 Å². The zero-order chi connectivity index (χ0) is 26.3. The largest absolute Gasteiger partial charge is 0.457 e. The van der Waals surface area contributed by atoms with E-state index in [4.69, 9.17) is 4.74 Å². The van der Waals surface area contributed by atoms with Gasteiger partial charge in [0.2, 0.25) is 0 Å². The molecule has 6 aromatic carbocycles. The molecule has 0 saturated carbocycles. The highest BCUT2D eigenvalue weighted by atomic mass is 32.1. The SMILES string of the molecule is c1ccc2c(c1)Oc1cc(Nc3cccc4sc5ccccc5c34)ccc1C21c2ccccc2-c2ccccc21. The molecule has 0 atom stereocenters. The number of ether oxygens (including phenoxy) is 1. The Morgan fingerprint density at radius 3 is 2.00 bits per heavy atom. The molecule has 40 heavy (non-hydrogen) atoms. The Balaban J connectivity index is 1.26. The fourth-order valence-electron chi connectivity index (χ4n) is 6.97. The molecule has 0 amide bonds. The van der Waals surface area contributed by atoms with Crippen molar-refractivity contribution in [1.29, 1.82) is 0 Å². The minimum absolute atomic E-state index is 0.431. The van der Waals surface area contributed by atoms with Crippen LogP contribution in [-0.4, -0.2) is 0 Å². The molecule has 9 rings (SSSR count). The Labute approximate surface area is 236 Å². The Morgan fingerprint density at radius 2 is 1.18 bits per heavy atom. The van der Waals surface area contributed by atoms with E-state index < -0.39 is 5.41 Å². The van der Waals surface area contributed by atoms with Gasteiger partial charge < -0.3 is 10.1 Å². The number of rotatable bonds is 2. The van der Waals surface area contributed by atoms with Crippen LogP contribution >= 0.6 is 11.3 Å². The smallest absolute Gasteiger partial charge is 0.134 e. The van der Waals surface area contributed by atoms with Crippen molar-refractivity contribution >= 4 is 42.9 Å². The lowest BCUT2D eigenvalue weighted by molar-refractivity contribution is 0.436. The number of para-hydroxylation sites is 1. The standard InChI is InChI=1S/C37H23NOS/c1-4-13-27-24(10-1)25-11-2-5-14-28(25)37(27)29-15-6-7-17-32(29)39-33-22-23(20-21-30(33)37)38-31-16-9-19-35-36(31)26-12-3-8-18-34(26)40-35/h1-22,38H. The molecule has 0 unspecified atom stereocenters. The highest BCUT2D eigenvalue weighted by Crippen LogP contribution is 2.62. The molecular weight excluding hydrogens is 506 g/mol. The molecule has 1 N–H and O–H groups in total. The van der Waals surface area contributed by atoms with Gasteiger partial charge >= 0.3 is 0 Å². The minimum atomic E-state index is -0.431. The average molecular weight is 530 g/mol. The van der Waals surface area contributed by atoms with Crippen LogP contribution in [-0.2, 0) is 5.41 Å². The molecule has 1 aliphatic heterocycles. The summed E-state index contributed by atoms with van der Waals surface area (Å²) in [7, 11) is 0. The molecule has 1 aliphatic carbocycles. The number of nitrogens with one attached hydrogen (secondary N) is 1. The van der Waals surface area contributed by atoms with Gasteiger partial charge in [-0.1, -0.05) is 97.1 Å². The molecule has 1 spiro atoms. The van der Waals surface area contributed by atoms with Crippen LogP contribution in [0.15, 0.2) is 133 Å². The van der Waals surface area contributed by atoms with Gasteiger partial charge in [-0.15, -0.1) is 11.3 Å². The Morgan fingerprint density at radius 1 is 0.525 bits per heavy atom. The fourth-order valence-corrected chi connectivity index (χ4v) is 8.11. The van der Waals surface area contributed by atoms with Crippen molar-refractivity contribution in [2.24, 2.45) is 0 Å². The molecule has 7 aromatic rings. The molecule has 2 aliphatic rings. The predicted molar refractivity (Wildman–Crippen MR) is 166 cm³/mol. The second kappa shape index (κ2) is 8.08. The van der Waals surface area contributed by atoms with Crippen LogP contribution < -0.4 is 10.1 Å². The summed E-state index contributed by atoms with van der Waals surface area (Å²) in [5.41, 5.74) is 9.25. The first-order chi connectivity index (χ1) is 19.8. The highest BCUT2D eigenvalue weighted by Gasteiger charge is 2.50. The van der Waals surface area contributed by atoms with E-state index >= 15 is 0 Å². The van der Waals surface area contributed by atoms with Crippen LogP contribution in [0.1, 0.15) is 22.3 Å². The number of thiophene rings is 1. The van der Waals surface area contributed by atoms with Crippen molar-refractivity contribution in [1.82, 2.24) is 0 Å². The van der Waals surface area contributed by atoms with Gasteiger partial charge in [0.25, 0.3) is 0 Å². The molecule has 0 saturated heterocycles. The van der Waals surface area contributed by atoms with Crippen LogP contribution in [0.3, 0.4) is 0 Å². The summed E-state index contributed by atoms with van der Waals surface area (Å²) in [5.74, 6) is 1.79. The topological polar surface area (TPSA) is 21.3 Å². The van der Waals surface area contributed by atoms with Gasteiger partial charge in [0.1, 0.15) is 11.5 Å². The van der Waals surface area contributed by atoms with Gasteiger partial charge in [-0.25, -0.2) is 0 Å². The van der Waals surface area contributed by atoms with E-state index in [1.54, 1.807) is 0 Å². The van der Waals surface area contributed by atoms with E-state index in [1.165, 1.54) is 53.6 Å². The molecule has 1 aromatic heterocycles. The first-order valence-electron chi connectivity index (χ1n) is 13.6. The zero-order valence-electron chi connectivity index (χ0n) is 21.5. The van der Waals surface area contributed by atoms with E-state index in [0.717, 1.165) is 22.9 Å². The van der Waals surface area contributed by atoms with Crippen molar-refractivity contribution in [3.05, 3.63) is 156 Å². The molecule has 3 heteroatoms. The number of benzene rings is 6. The van der Waals surface area contributed by atoms with E-state index in [0.29, 0.717) is 0 Å². The summed E-state index contributed by atoms with van der Waals surface area (Å²) in [6, 6.07) is 48.0. The molecule has 2 nitrogen and oxygen atoms in total. The van der Waals surface area contributed by atoms with Gasteiger partial charge in [-0.05, 0) is 52.6 Å². The number of fused-ring (bicyclic) bond motifs is 12. The third-order valence-electron chi connectivity index (χ3n) is 8.53. The van der Waals surface area contributed by atoms with Crippen LogP contribution in [0.5, 0.6) is 11.5 Å². The summed E-state index contributed by atoms with van der Waals surface area (Å²) in [4.78, 5) is 0. The maximum atomic E-state index is 6.68. The van der Waals surface area contributed by atoms with Crippen LogP contribution in [0.25, 0.3) is 31.3 Å². The van der Waals surface area contributed by atoms with Crippen LogP contribution in [0.2, 0.25) is 0 Å². The Hall–Kier alpha value is -4.86. The molecule has 188 valence electrons. The lowest BCUT2D eigenvalue weighted by Crippen LogP contribution is -2.32. The molecular formula is C37H23NOS. The molecule has 2 heterocycles. The van der Waals surface area contributed by atoms with Gasteiger partial charge in [-0.3, -0.25) is 0 Å². The van der Waals surface area contributed by atoms with Gasteiger partial charge in [0.05, 0.1) is 5.41 Å². The van der Waals surface area contributed by atoms with E-state index in [2.05, 4.69) is 139 Å². The van der Waals surface area contributed by atoms with Gasteiger partial charge in [-0.2, -0.15) is 0 Å². The second-order valence-corrected chi connectivity index (χ2v) is 11.6. The summed E-state index contributed by atoms with van der Waals surface area (Å²) >= 11 is 1.84.